The second-order valence-electron chi connectivity index (χ2n) is 4.52. The van der Waals surface area contributed by atoms with E-state index < -0.39 is 0 Å². The van der Waals surface area contributed by atoms with E-state index in [-0.39, 0.29) is 0 Å². The lowest BCUT2D eigenvalue weighted by Gasteiger charge is -2.19. The lowest BCUT2D eigenvalue weighted by molar-refractivity contribution is 0.287. The molecule has 1 heterocycles. The minimum atomic E-state index is 0.920. The van der Waals surface area contributed by atoms with Crippen molar-refractivity contribution >= 4 is 0 Å². The SMILES string of the molecule is CCCN(CC)CCNCc1cn(C)nc1C. The number of nitrogens with one attached hydrogen (secondary N) is 1. The average Bonchev–Trinajstić information content (AvgIpc) is 2.62. The Bertz CT molecular complexity index is 319. The molecule has 4 nitrogen and oxygen atoms in total. The van der Waals surface area contributed by atoms with Crippen LogP contribution in [0.5, 0.6) is 0 Å². The summed E-state index contributed by atoms with van der Waals surface area (Å²) in [5.74, 6) is 0. The Morgan fingerprint density at radius 1 is 1.35 bits per heavy atom. The van der Waals surface area contributed by atoms with Gasteiger partial charge in [-0.25, -0.2) is 0 Å². The summed E-state index contributed by atoms with van der Waals surface area (Å²) in [6.45, 7) is 11.9. The summed E-state index contributed by atoms with van der Waals surface area (Å²) in [4.78, 5) is 2.48. The molecule has 98 valence electrons. The predicted molar refractivity (Wildman–Crippen MR) is 72.1 cm³/mol. The molecule has 0 unspecified atom stereocenters. The summed E-state index contributed by atoms with van der Waals surface area (Å²) in [6.07, 6.45) is 3.32. The molecule has 0 aliphatic carbocycles. The third-order valence-electron chi connectivity index (χ3n) is 3.02. The zero-order valence-corrected chi connectivity index (χ0v) is 11.7. The molecule has 1 aromatic rings. The highest BCUT2D eigenvalue weighted by Gasteiger charge is 2.03. The zero-order chi connectivity index (χ0) is 12.7. The van der Waals surface area contributed by atoms with Crippen LogP contribution >= 0.6 is 0 Å². The summed E-state index contributed by atoms with van der Waals surface area (Å²) in [6, 6.07) is 0. The maximum absolute atomic E-state index is 4.34. The van der Waals surface area contributed by atoms with Crippen LogP contribution in [-0.4, -0.2) is 40.9 Å². The first-order valence-corrected chi connectivity index (χ1v) is 6.59. The van der Waals surface area contributed by atoms with Gasteiger partial charge in [-0.1, -0.05) is 13.8 Å². The van der Waals surface area contributed by atoms with Crippen molar-refractivity contribution in [2.45, 2.75) is 33.7 Å². The number of aromatic nitrogens is 2. The van der Waals surface area contributed by atoms with Crippen molar-refractivity contribution in [1.29, 1.82) is 0 Å². The van der Waals surface area contributed by atoms with Crippen molar-refractivity contribution in [2.75, 3.05) is 26.2 Å². The highest BCUT2D eigenvalue weighted by molar-refractivity contribution is 5.14. The number of aryl methyl sites for hydroxylation is 2. The Morgan fingerprint density at radius 2 is 2.12 bits per heavy atom. The molecule has 0 radical (unpaired) electrons. The summed E-state index contributed by atoms with van der Waals surface area (Å²) < 4.78 is 1.88. The molecule has 0 bridgehead atoms. The van der Waals surface area contributed by atoms with E-state index in [9.17, 15) is 0 Å². The second kappa shape index (κ2) is 7.45. The molecule has 0 amide bonds. The van der Waals surface area contributed by atoms with Gasteiger partial charge in [-0.05, 0) is 26.4 Å². The first-order valence-electron chi connectivity index (χ1n) is 6.59. The topological polar surface area (TPSA) is 33.1 Å². The molecule has 0 aliphatic rings. The molecule has 0 saturated heterocycles. The molecule has 0 spiro atoms. The van der Waals surface area contributed by atoms with E-state index >= 15 is 0 Å². The fourth-order valence-corrected chi connectivity index (χ4v) is 2.03. The van der Waals surface area contributed by atoms with E-state index in [0.717, 1.165) is 31.9 Å². The van der Waals surface area contributed by atoms with Crippen LogP contribution in [0.15, 0.2) is 6.20 Å². The van der Waals surface area contributed by atoms with Crippen LogP contribution in [0.3, 0.4) is 0 Å². The molecule has 1 aromatic heterocycles. The Morgan fingerprint density at radius 3 is 2.65 bits per heavy atom. The molecule has 0 atom stereocenters. The second-order valence-corrected chi connectivity index (χ2v) is 4.52. The number of nitrogens with zero attached hydrogens (tertiary/aromatic N) is 3. The van der Waals surface area contributed by atoms with E-state index in [4.69, 9.17) is 0 Å². The Balaban J connectivity index is 2.21. The fourth-order valence-electron chi connectivity index (χ4n) is 2.03. The van der Waals surface area contributed by atoms with Crippen LogP contribution in [0.25, 0.3) is 0 Å². The Labute approximate surface area is 105 Å². The smallest absolute Gasteiger partial charge is 0.0638 e. The molecule has 0 aromatic carbocycles. The molecule has 4 heteroatoms. The highest BCUT2D eigenvalue weighted by atomic mass is 15.3. The first-order chi connectivity index (χ1) is 8.17. The quantitative estimate of drug-likeness (QED) is 0.698. The Hall–Kier alpha value is -0.870. The van der Waals surface area contributed by atoms with Gasteiger partial charge in [0.05, 0.1) is 5.69 Å². The Kier molecular flexibility index (Phi) is 6.22. The molecule has 0 aliphatic heterocycles. The monoisotopic (exact) mass is 238 g/mol. The van der Waals surface area contributed by atoms with E-state index in [1.54, 1.807) is 0 Å². The summed E-state index contributed by atoms with van der Waals surface area (Å²) in [7, 11) is 1.97. The molecule has 0 fully saturated rings. The third kappa shape index (κ3) is 4.88. The maximum Gasteiger partial charge on any atom is 0.0638 e. The predicted octanol–water partition coefficient (Wildman–Crippen LogP) is 1.55. The normalized spacial score (nSPS) is 11.4. The van der Waals surface area contributed by atoms with Gasteiger partial charge in [0.2, 0.25) is 0 Å². The summed E-state index contributed by atoms with van der Waals surface area (Å²) in [5.41, 5.74) is 2.42. The van der Waals surface area contributed by atoms with E-state index in [0.29, 0.717) is 0 Å². The van der Waals surface area contributed by atoms with E-state index in [1.165, 1.54) is 18.5 Å². The molecule has 17 heavy (non-hydrogen) atoms. The number of hydrogen-bond donors (Lipinski definition) is 1. The van der Waals surface area contributed by atoms with E-state index in [2.05, 4.69) is 42.3 Å². The van der Waals surface area contributed by atoms with Gasteiger partial charge in [0.25, 0.3) is 0 Å². The molecule has 1 N–H and O–H groups in total. The standard InChI is InChI=1S/C13H26N4/c1-5-8-17(6-2)9-7-14-10-13-11-16(4)15-12(13)3/h11,14H,5-10H2,1-4H3. The van der Waals surface area contributed by atoms with Gasteiger partial charge in [-0.3, -0.25) is 4.68 Å². The summed E-state index contributed by atoms with van der Waals surface area (Å²) in [5, 5.41) is 7.82. The van der Waals surface area contributed by atoms with Crippen LogP contribution < -0.4 is 5.32 Å². The van der Waals surface area contributed by atoms with Crippen LogP contribution in [0.2, 0.25) is 0 Å². The van der Waals surface area contributed by atoms with Crippen LogP contribution in [-0.2, 0) is 13.6 Å². The summed E-state index contributed by atoms with van der Waals surface area (Å²) >= 11 is 0. The van der Waals surface area contributed by atoms with Crippen molar-refractivity contribution in [3.05, 3.63) is 17.5 Å². The van der Waals surface area contributed by atoms with Crippen molar-refractivity contribution in [3.63, 3.8) is 0 Å². The largest absolute Gasteiger partial charge is 0.311 e. The lowest BCUT2D eigenvalue weighted by atomic mass is 10.2. The van der Waals surface area contributed by atoms with Gasteiger partial charge >= 0.3 is 0 Å². The number of likely N-dealkylation sites (N-methyl/N-ethyl adjacent to an activating group) is 1. The van der Waals surface area contributed by atoms with Gasteiger partial charge in [0, 0.05) is 38.4 Å². The first kappa shape index (κ1) is 14.2. The number of rotatable bonds is 8. The van der Waals surface area contributed by atoms with Gasteiger partial charge in [-0.15, -0.1) is 0 Å². The van der Waals surface area contributed by atoms with Crippen molar-refractivity contribution in [1.82, 2.24) is 20.0 Å². The molecule has 1 rings (SSSR count). The molecular weight excluding hydrogens is 212 g/mol. The highest BCUT2D eigenvalue weighted by Crippen LogP contribution is 2.03. The van der Waals surface area contributed by atoms with Gasteiger partial charge in [-0.2, -0.15) is 5.10 Å². The molecule has 0 saturated carbocycles. The van der Waals surface area contributed by atoms with Crippen LogP contribution in [0.1, 0.15) is 31.5 Å². The van der Waals surface area contributed by atoms with Gasteiger partial charge in [0.1, 0.15) is 0 Å². The molecular formula is C13H26N4. The zero-order valence-electron chi connectivity index (χ0n) is 11.7. The van der Waals surface area contributed by atoms with Gasteiger partial charge < -0.3 is 10.2 Å². The van der Waals surface area contributed by atoms with E-state index in [1.807, 2.05) is 11.7 Å². The number of hydrogen-bond acceptors (Lipinski definition) is 3. The van der Waals surface area contributed by atoms with Crippen molar-refractivity contribution in [2.24, 2.45) is 7.05 Å². The van der Waals surface area contributed by atoms with Crippen LogP contribution in [0, 0.1) is 6.92 Å². The van der Waals surface area contributed by atoms with Gasteiger partial charge in [0.15, 0.2) is 0 Å². The maximum atomic E-state index is 4.34. The lowest BCUT2D eigenvalue weighted by Crippen LogP contribution is -2.32. The fraction of sp³-hybridized carbons (Fsp3) is 0.769. The van der Waals surface area contributed by atoms with Crippen LogP contribution in [0.4, 0.5) is 0 Å². The third-order valence-corrected chi connectivity index (χ3v) is 3.02. The van der Waals surface area contributed by atoms with Crippen molar-refractivity contribution in [3.8, 4) is 0 Å². The average molecular weight is 238 g/mol. The van der Waals surface area contributed by atoms with Crippen molar-refractivity contribution < 1.29 is 0 Å². The minimum absolute atomic E-state index is 0.920. The minimum Gasteiger partial charge on any atom is -0.311 e.